The van der Waals surface area contributed by atoms with Gasteiger partial charge in [-0.05, 0) is 73.6 Å². The van der Waals surface area contributed by atoms with Gasteiger partial charge in [-0.15, -0.1) is 0 Å². The number of nitrogens with two attached hydrogens (primary N) is 1. The molecule has 0 aliphatic heterocycles. The first kappa shape index (κ1) is 14.3. The normalized spacial score (nSPS) is 29.9. The van der Waals surface area contributed by atoms with E-state index >= 15 is 0 Å². The predicted molar refractivity (Wildman–Crippen MR) is 79.8 cm³/mol. The van der Waals surface area contributed by atoms with Gasteiger partial charge in [0.15, 0.2) is 0 Å². The summed E-state index contributed by atoms with van der Waals surface area (Å²) < 4.78 is 13.3. The average Bonchev–Trinajstić information content (AvgIpc) is 3.04. The minimum atomic E-state index is -0.236. The number of halogens is 2. The second kappa shape index (κ2) is 6.00. The van der Waals surface area contributed by atoms with Crippen LogP contribution in [0, 0.1) is 23.6 Å². The highest BCUT2D eigenvalue weighted by Crippen LogP contribution is 2.50. The van der Waals surface area contributed by atoms with Gasteiger partial charge in [0.1, 0.15) is 5.82 Å². The highest BCUT2D eigenvalue weighted by molar-refractivity contribution is 6.31. The first-order valence-electron chi connectivity index (χ1n) is 7.55. The summed E-state index contributed by atoms with van der Waals surface area (Å²) in [5, 5.41) is 0.625. The third kappa shape index (κ3) is 3.00. The Kier molecular flexibility index (Phi) is 4.29. The van der Waals surface area contributed by atoms with Gasteiger partial charge in [-0.1, -0.05) is 18.0 Å². The van der Waals surface area contributed by atoms with Crippen LogP contribution in [0.3, 0.4) is 0 Å². The van der Waals surface area contributed by atoms with Crippen LogP contribution < -0.4 is 11.3 Å². The molecule has 2 bridgehead atoms. The molecule has 20 heavy (non-hydrogen) atoms. The van der Waals surface area contributed by atoms with Crippen molar-refractivity contribution < 1.29 is 4.39 Å². The lowest BCUT2D eigenvalue weighted by atomic mass is 9.83. The van der Waals surface area contributed by atoms with Crippen molar-refractivity contribution >= 4 is 11.6 Å². The van der Waals surface area contributed by atoms with E-state index < -0.39 is 0 Å². The largest absolute Gasteiger partial charge is 0.271 e. The van der Waals surface area contributed by atoms with Gasteiger partial charge in [0, 0.05) is 11.1 Å². The first-order chi connectivity index (χ1) is 9.65. The summed E-state index contributed by atoms with van der Waals surface area (Å²) in [5.41, 5.74) is 3.75. The van der Waals surface area contributed by atoms with Crippen LogP contribution in [0.2, 0.25) is 5.02 Å². The van der Waals surface area contributed by atoms with Crippen LogP contribution in [0.15, 0.2) is 18.2 Å². The molecule has 2 nitrogen and oxygen atoms in total. The van der Waals surface area contributed by atoms with E-state index in [4.69, 9.17) is 17.4 Å². The molecular weight excluding hydrogens is 275 g/mol. The van der Waals surface area contributed by atoms with Gasteiger partial charge in [-0.2, -0.15) is 0 Å². The van der Waals surface area contributed by atoms with Gasteiger partial charge in [0.25, 0.3) is 0 Å². The van der Waals surface area contributed by atoms with Crippen LogP contribution in [-0.4, -0.2) is 6.04 Å². The molecule has 4 unspecified atom stereocenters. The van der Waals surface area contributed by atoms with E-state index in [9.17, 15) is 4.39 Å². The Hall–Kier alpha value is -0.640. The quantitative estimate of drug-likeness (QED) is 0.642. The SMILES string of the molecule is NNC(Cc1cc(F)ccc1Cl)CC1CC2CCC1C2. The third-order valence-corrected chi connectivity index (χ3v) is 5.55. The molecule has 0 radical (unpaired) electrons. The van der Waals surface area contributed by atoms with Crippen molar-refractivity contribution in [1.82, 2.24) is 5.43 Å². The summed E-state index contributed by atoms with van der Waals surface area (Å²) >= 11 is 6.14. The fourth-order valence-electron chi connectivity index (χ4n) is 4.21. The zero-order valence-electron chi connectivity index (χ0n) is 11.6. The fourth-order valence-corrected chi connectivity index (χ4v) is 4.40. The zero-order chi connectivity index (χ0) is 14.1. The lowest BCUT2D eigenvalue weighted by molar-refractivity contribution is 0.277. The molecule has 4 heteroatoms. The fraction of sp³-hybridized carbons (Fsp3) is 0.625. The van der Waals surface area contributed by atoms with Crippen molar-refractivity contribution in [2.24, 2.45) is 23.6 Å². The molecule has 2 fully saturated rings. The predicted octanol–water partition coefficient (Wildman–Crippen LogP) is 3.68. The lowest BCUT2D eigenvalue weighted by Gasteiger charge is -2.26. The molecule has 3 rings (SSSR count). The number of fused-ring (bicyclic) bond motifs is 2. The van der Waals surface area contributed by atoms with Crippen LogP contribution in [0.5, 0.6) is 0 Å². The van der Waals surface area contributed by atoms with E-state index in [0.29, 0.717) is 11.4 Å². The van der Waals surface area contributed by atoms with E-state index in [1.54, 1.807) is 6.07 Å². The average molecular weight is 297 g/mol. The first-order valence-corrected chi connectivity index (χ1v) is 7.93. The van der Waals surface area contributed by atoms with Crippen molar-refractivity contribution in [3.05, 3.63) is 34.6 Å². The van der Waals surface area contributed by atoms with Crippen molar-refractivity contribution in [1.29, 1.82) is 0 Å². The van der Waals surface area contributed by atoms with Crippen LogP contribution in [0.1, 0.15) is 37.7 Å². The molecule has 0 heterocycles. The molecular formula is C16H22ClFN2. The molecule has 0 aromatic heterocycles. The van der Waals surface area contributed by atoms with E-state index in [1.165, 1.54) is 37.8 Å². The Balaban J connectivity index is 1.63. The molecule has 2 aliphatic rings. The minimum Gasteiger partial charge on any atom is -0.271 e. The van der Waals surface area contributed by atoms with Crippen LogP contribution in [0.4, 0.5) is 4.39 Å². The topological polar surface area (TPSA) is 38.0 Å². The number of benzene rings is 1. The second-order valence-corrected chi connectivity index (χ2v) is 6.88. The van der Waals surface area contributed by atoms with E-state index in [2.05, 4.69) is 5.43 Å². The Bertz CT molecular complexity index is 480. The van der Waals surface area contributed by atoms with Crippen LogP contribution >= 0.6 is 11.6 Å². The van der Waals surface area contributed by atoms with Crippen molar-refractivity contribution in [2.75, 3.05) is 0 Å². The third-order valence-electron chi connectivity index (χ3n) is 5.18. The summed E-state index contributed by atoms with van der Waals surface area (Å²) in [6, 6.07) is 4.72. The zero-order valence-corrected chi connectivity index (χ0v) is 12.4. The van der Waals surface area contributed by atoms with E-state index in [0.717, 1.165) is 29.7 Å². The van der Waals surface area contributed by atoms with Gasteiger partial charge in [0.05, 0.1) is 0 Å². The minimum absolute atomic E-state index is 0.179. The number of hydrogen-bond donors (Lipinski definition) is 2. The Morgan fingerprint density at radius 2 is 2.20 bits per heavy atom. The Labute approximate surface area is 124 Å². The number of rotatable bonds is 5. The van der Waals surface area contributed by atoms with Crippen LogP contribution in [0.25, 0.3) is 0 Å². The van der Waals surface area contributed by atoms with Gasteiger partial charge in [-0.25, -0.2) is 4.39 Å². The van der Waals surface area contributed by atoms with Crippen LogP contribution in [-0.2, 0) is 6.42 Å². The van der Waals surface area contributed by atoms with Gasteiger partial charge >= 0.3 is 0 Å². The summed E-state index contributed by atoms with van der Waals surface area (Å²) in [4.78, 5) is 0. The monoisotopic (exact) mass is 296 g/mol. The number of hydrogen-bond acceptors (Lipinski definition) is 2. The molecule has 3 N–H and O–H groups in total. The Morgan fingerprint density at radius 3 is 2.85 bits per heavy atom. The maximum atomic E-state index is 13.3. The molecule has 110 valence electrons. The van der Waals surface area contributed by atoms with E-state index in [-0.39, 0.29) is 11.9 Å². The molecule has 4 atom stereocenters. The molecule has 2 aliphatic carbocycles. The highest BCUT2D eigenvalue weighted by atomic mass is 35.5. The summed E-state index contributed by atoms with van der Waals surface area (Å²) in [7, 11) is 0. The smallest absolute Gasteiger partial charge is 0.123 e. The molecule has 1 aromatic carbocycles. The molecule has 0 amide bonds. The summed E-state index contributed by atoms with van der Waals surface area (Å²) in [6.07, 6.45) is 7.32. The summed E-state index contributed by atoms with van der Waals surface area (Å²) in [5.74, 6) is 8.08. The van der Waals surface area contributed by atoms with Crippen molar-refractivity contribution in [3.8, 4) is 0 Å². The molecule has 1 aromatic rings. The maximum absolute atomic E-state index is 13.3. The van der Waals surface area contributed by atoms with E-state index in [1.807, 2.05) is 0 Å². The number of nitrogens with one attached hydrogen (secondary N) is 1. The van der Waals surface area contributed by atoms with Gasteiger partial charge in [-0.3, -0.25) is 11.3 Å². The van der Waals surface area contributed by atoms with Crippen molar-refractivity contribution in [3.63, 3.8) is 0 Å². The molecule has 0 spiro atoms. The summed E-state index contributed by atoms with van der Waals surface area (Å²) in [6.45, 7) is 0. The second-order valence-electron chi connectivity index (χ2n) is 6.47. The van der Waals surface area contributed by atoms with Gasteiger partial charge < -0.3 is 0 Å². The molecule has 2 saturated carbocycles. The standard InChI is InChI=1S/C16H22ClFN2/c17-16-4-3-14(18)7-13(16)9-15(20-19)8-12-6-10-1-2-11(12)5-10/h3-4,7,10-12,15,20H,1-2,5-6,8-9,19H2. The Morgan fingerprint density at radius 1 is 1.35 bits per heavy atom. The number of hydrazine groups is 1. The van der Waals surface area contributed by atoms with Crippen molar-refractivity contribution in [2.45, 2.75) is 44.6 Å². The molecule has 0 saturated heterocycles. The van der Waals surface area contributed by atoms with Gasteiger partial charge in [0.2, 0.25) is 0 Å². The highest BCUT2D eigenvalue weighted by Gasteiger charge is 2.40. The lowest BCUT2D eigenvalue weighted by Crippen LogP contribution is -2.39. The maximum Gasteiger partial charge on any atom is 0.123 e.